The highest BCUT2D eigenvalue weighted by atomic mass is 16.5. The molecule has 1 aliphatic rings. The molecule has 1 unspecified atom stereocenters. The molecule has 0 bridgehead atoms. The normalized spacial score (nSPS) is 16.8. The van der Waals surface area contributed by atoms with Crippen LogP contribution in [0, 0.1) is 0 Å². The van der Waals surface area contributed by atoms with Gasteiger partial charge in [0.15, 0.2) is 0 Å². The van der Waals surface area contributed by atoms with E-state index >= 15 is 0 Å². The Hall–Kier alpha value is -1.84. The quantitative estimate of drug-likeness (QED) is 0.865. The first kappa shape index (κ1) is 17.0. The van der Waals surface area contributed by atoms with Gasteiger partial charge >= 0.3 is 0 Å². The number of piperazine rings is 1. The summed E-state index contributed by atoms with van der Waals surface area (Å²) < 4.78 is 5.24. The first-order valence-corrected chi connectivity index (χ1v) is 9.01. The highest BCUT2D eigenvalue weighted by Crippen LogP contribution is 2.29. The van der Waals surface area contributed by atoms with Crippen LogP contribution in [0.15, 0.2) is 48.5 Å². The fourth-order valence-corrected chi connectivity index (χ4v) is 3.51. The minimum absolute atomic E-state index is 0.544. The summed E-state index contributed by atoms with van der Waals surface area (Å²) in [5.74, 6) is 0.900. The molecule has 1 fully saturated rings. The molecule has 3 rings (SSSR count). The monoisotopic (exact) mass is 324 g/mol. The van der Waals surface area contributed by atoms with Crippen molar-refractivity contribution < 1.29 is 4.74 Å². The van der Waals surface area contributed by atoms with Gasteiger partial charge in [-0.05, 0) is 35.2 Å². The molecule has 24 heavy (non-hydrogen) atoms. The lowest BCUT2D eigenvalue weighted by Gasteiger charge is -2.35. The average molecular weight is 324 g/mol. The van der Waals surface area contributed by atoms with Crippen molar-refractivity contribution in [1.29, 1.82) is 0 Å². The average Bonchev–Trinajstić information content (AvgIpc) is 2.67. The second-order valence-electron chi connectivity index (χ2n) is 6.44. The summed E-state index contributed by atoms with van der Waals surface area (Å²) >= 11 is 0. The van der Waals surface area contributed by atoms with Gasteiger partial charge in [0.1, 0.15) is 5.75 Å². The zero-order valence-corrected chi connectivity index (χ0v) is 14.8. The van der Waals surface area contributed by atoms with E-state index in [1.165, 1.54) is 29.5 Å². The topological polar surface area (TPSA) is 24.5 Å². The maximum absolute atomic E-state index is 5.24. The second-order valence-corrected chi connectivity index (χ2v) is 6.44. The third-order valence-electron chi connectivity index (χ3n) is 4.87. The van der Waals surface area contributed by atoms with Gasteiger partial charge in [-0.3, -0.25) is 4.90 Å². The Morgan fingerprint density at radius 1 is 0.958 bits per heavy atom. The van der Waals surface area contributed by atoms with Crippen LogP contribution in [0.1, 0.15) is 31.4 Å². The molecule has 3 heteroatoms. The van der Waals surface area contributed by atoms with Crippen LogP contribution in [0.2, 0.25) is 0 Å². The Morgan fingerprint density at radius 3 is 2.08 bits per heavy atom. The van der Waals surface area contributed by atoms with E-state index in [1.807, 2.05) is 12.1 Å². The van der Waals surface area contributed by atoms with Gasteiger partial charge in [0.25, 0.3) is 0 Å². The lowest BCUT2D eigenvalue weighted by atomic mass is 9.97. The van der Waals surface area contributed by atoms with Crippen molar-refractivity contribution >= 4 is 0 Å². The van der Waals surface area contributed by atoms with Crippen molar-refractivity contribution in [3.05, 3.63) is 54.1 Å². The van der Waals surface area contributed by atoms with E-state index in [9.17, 15) is 0 Å². The van der Waals surface area contributed by atoms with Gasteiger partial charge in [0, 0.05) is 32.2 Å². The second kappa shape index (κ2) is 8.32. The molecule has 3 nitrogen and oxygen atoms in total. The fraction of sp³-hybridized carbons (Fsp3) is 0.429. The Bertz CT molecular complexity index is 615. The van der Waals surface area contributed by atoms with Crippen molar-refractivity contribution in [2.75, 3.05) is 33.3 Å². The lowest BCUT2D eigenvalue weighted by Crippen LogP contribution is -2.45. The molecule has 2 aromatic carbocycles. The summed E-state index contributed by atoms with van der Waals surface area (Å²) in [7, 11) is 1.70. The highest BCUT2D eigenvalue weighted by molar-refractivity contribution is 5.64. The van der Waals surface area contributed by atoms with Crippen LogP contribution < -0.4 is 10.1 Å². The number of hydrogen-bond acceptors (Lipinski definition) is 3. The number of benzene rings is 2. The first-order chi connectivity index (χ1) is 11.8. The Kier molecular flexibility index (Phi) is 5.89. The highest BCUT2D eigenvalue weighted by Gasteiger charge is 2.21. The van der Waals surface area contributed by atoms with Gasteiger partial charge in [-0.1, -0.05) is 49.7 Å². The van der Waals surface area contributed by atoms with E-state index in [0.717, 1.165) is 31.9 Å². The first-order valence-electron chi connectivity index (χ1n) is 9.01. The Labute approximate surface area is 145 Å². The maximum atomic E-state index is 5.24. The minimum atomic E-state index is 0.544. The maximum Gasteiger partial charge on any atom is 0.118 e. The summed E-state index contributed by atoms with van der Waals surface area (Å²) in [5.41, 5.74) is 3.93. The van der Waals surface area contributed by atoms with Crippen LogP contribution in [0.25, 0.3) is 11.1 Å². The van der Waals surface area contributed by atoms with E-state index in [0.29, 0.717) is 6.04 Å². The van der Waals surface area contributed by atoms with Crippen LogP contribution in [-0.4, -0.2) is 38.2 Å². The van der Waals surface area contributed by atoms with Crippen LogP contribution in [0.5, 0.6) is 5.75 Å². The molecule has 1 N–H and O–H groups in total. The predicted molar refractivity (Wildman–Crippen MR) is 101 cm³/mol. The summed E-state index contributed by atoms with van der Waals surface area (Å²) in [5, 5.41) is 3.45. The number of hydrogen-bond donors (Lipinski definition) is 1. The molecular formula is C21H28N2O. The van der Waals surface area contributed by atoms with Gasteiger partial charge in [-0.25, -0.2) is 0 Å². The number of ether oxygens (including phenoxy) is 1. The van der Waals surface area contributed by atoms with Gasteiger partial charge < -0.3 is 10.1 Å². The minimum Gasteiger partial charge on any atom is -0.497 e. The summed E-state index contributed by atoms with van der Waals surface area (Å²) in [4.78, 5) is 2.63. The molecule has 1 heterocycles. The number of nitrogens with zero attached hydrogens (tertiary/aromatic N) is 1. The molecule has 0 aromatic heterocycles. The largest absolute Gasteiger partial charge is 0.497 e. The Morgan fingerprint density at radius 2 is 1.54 bits per heavy atom. The van der Waals surface area contributed by atoms with E-state index in [2.05, 4.69) is 53.5 Å². The molecule has 1 aliphatic heterocycles. The molecule has 0 amide bonds. The molecule has 0 spiro atoms. The number of rotatable bonds is 6. The molecule has 0 aliphatic carbocycles. The van der Waals surface area contributed by atoms with Crippen LogP contribution >= 0.6 is 0 Å². The van der Waals surface area contributed by atoms with E-state index in [4.69, 9.17) is 4.74 Å². The molecule has 1 saturated heterocycles. The summed E-state index contributed by atoms with van der Waals surface area (Å²) in [6, 6.07) is 17.9. The van der Waals surface area contributed by atoms with Crippen LogP contribution in [0.4, 0.5) is 0 Å². The van der Waals surface area contributed by atoms with Gasteiger partial charge in [-0.2, -0.15) is 0 Å². The molecular weight excluding hydrogens is 296 g/mol. The van der Waals surface area contributed by atoms with Crippen LogP contribution in [0.3, 0.4) is 0 Å². The molecule has 2 aromatic rings. The van der Waals surface area contributed by atoms with E-state index in [-0.39, 0.29) is 0 Å². The van der Waals surface area contributed by atoms with Gasteiger partial charge in [-0.15, -0.1) is 0 Å². The molecule has 0 radical (unpaired) electrons. The standard InChI is InChI=1S/C21H28N2O/c1-3-4-21(23-15-13-22-14-16-23)19-7-5-17(6-8-19)18-9-11-20(24-2)12-10-18/h5-12,21-22H,3-4,13-16H2,1-2H3. The Balaban J connectivity index is 1.77. The van der Waals surface area contributed by atoms with Gasteiger partial charge in [0.2, 0.25) is 0 Å². The van der Waals surface area contributed by atoms with Gasteiger partial charge in [0.05, 0.1) is 7.11 Å². The van der Waals surface area contributed by atoms with Crippen molar-refractivity contribution in [3.63, 3.8) is 0 Å². The van der Waals surface area contributed by atoms with Crippen LogP contribution in [-0.2, 0) is 0 Å². The molecule has 128 valence electrons. The summed E-state index contributed by atoms with van der Waals surface area (Å²) in [6.07, 6.45) is 2.44. The molecule has 1 atom stereocenters. The van der Waals surface area contributed by atoms with Crippen molar-refractivity contribution in [2.24, 2.45) is 0 Å². The SMILES string of the molecule is CCCC(c1ccc(-c2ccc(OC)cc2)cc1)N1CCNCC1. The summed E-state index contributed by atoms with van der Waals surface area (Å²) in [6.45, 7) is 6.77. The van der Waals surface area contributed by atoms with Crippen molar-refractivity contribution in [2.45, 2.75) is 25.8 Å². The fourth-order valence-electron chi connectivity index (χ4n) is 3.51. The number of methoxy groups -OCH3 is 1. The zero-order valence-electron chi connectivity index (χ0n) is 14.8. The lowest BCUT2D eigenvalue weighted by molar-refractivity contribution is 0.164. The van der Waals surface area contributed by atoms with E-state index < -0.39 is 0 Å². The number of nitrogens with one attached hydrogen (secondary N) is 1. The third kappa shape index (κ3) is 3.97. The van der Waals surface area contributed by atoms with Crippen molar-refractivity contribution in [1.82, 2.24) is 10.2 Å². The predicted octanol–water partition coefficient (Wildman–Crippen LogP) is 4.11. The van der Waals surface area contributed by atoms with Crippen molar-refractivity contribution in [3.8, 4) is 16.9 Å². The smallest absolute Gasteiger partial charge is 0.118 e. The molecule has 0 saturated carbocycles. The van der Waals surface area contributed by atoms with E-state index in [1.54, 1.807) is 7.11 Å². The zero-order chi connectivity index (χ0) is 16.8. The third-order valence-corrected chi connectivity index (χ3v) is 4.87.